The van der Waals surface area contributed by atoms with E-state index in [0.717, 1.165) is 19.3 Å². The molecule has 0 radical (unpaired) electrons. The summed E-state index contributed by atoms with van der Waals surface area (Å²) in [7, 11) is 0. The fourth-order valence-electron chi connectivity index (χ4n) is 2.04. The van der Waals surface area contributed by atoms with Gasteiger partial charge in [0.15, 0.2) is 5.92 Å². The minimum absolute atomic E-state index is 0. The Kier molecular flexibility index (Phi) is 17.5. The van der Waals surface area contributed by atoms with Gasteiger partial charge in [-0.3, -0.25) is 9.59 Å². The Balaban J connectivity index is -0.000000163. The van der Waals surface area contributed by atoms with E-state index in [2.05, 4.69) is 0 Å². The monoisotopic (exact) mass is 280 g/mol. The van der Waals surface area contributed by atoms with Crippen LogP contribution in [0.4, 0.5) is 0 Å². The summed E-state index contributed by atoms with van der Waals surface area (Å²) < 4.78 is 0. The number of hydrogen-bond acceptors (Lipinski definition) is 2. The quantitative estimate of drug-likeness (QED) is 0.374. The van der Waals surface area contributed by atoms with E-state index in [9.17, 15) is 9.59 Å². The van der Waals surface area contributed by atoms with Gasteiger partial charge in [0.1, 0.15) is 0 Å². The second kappa shape index (κ2) is 12.6. The fraction of sp³-hybridized carbons (Fsp3) is 0.818. The molecule has 92 valence electrons. The first-order chi connectivity index (χ1) is 6.95. The van der Waals surface area contributed by atoms with Crippen molar-refractivity contribution in [3.63, 3.8) is 0 Å². The van der Waals surface area contributed by atoms with Gasteiger partial charge in [0.25, 0.3) is 0 Å². The number of carboxylic acid groups (broad SMARTS) is 2. The molecule has 0 amide bonds. The summed E-state index contributed by atoms with van der Waals surface area (Å²) in [5.74, 6) is -3.88. The molecule has 6 heteroatoms. The topological polar surface area (TPSA) is 74.6 Å². The number of aliphatic carboxylic acids is 2. The first kappa shape index (κ1) is 23.7. The van der Waals surface area contributed by atoms with Crippen molar-refractivity contribution >= 4 is 11.9 Å². The maximum atomic E-state index is 10.8. The summed E-state index contributed by atoms with van der Waals surface area (Å²) in [6, 6.07) is 0. The molecule has 0 heterocycles. The van der Waals surface area contributed by atoms with Gasteiger partial charge in [-0.15, -0.1) is 0 Å². The van der Waals surface area contributed by atoms with Crippen LogP contribution < -0.4 is 80.9 Å². The van der Waals surface area contributed by atoms with Crippen molar-refractivity contribution in [3.8, 4) is 0 Å². The summed E-state index contributed by atoms with van der Waals surface area (Å²) in [6.45, 7) is 5.71. The smallest absolute Gasteiger partial charge is 1.00 e. The second-order valence-corrected chi connectivity index (χ2v) is 3.97. The SMILES string of the molecule is CCCC(CC)C(C)C(C(=O)O)C(=O)O.[H-].[H-].[K+].[Na+]. The summed E-state index contributed by atoms with van der Waals surface area (Å²) in [6.07, 6.45) is 2.66. The van der Waals surface area contributed by atoms with Gasteiger partial charge in [0, 0.05) is 0 Å². The van der Waals surface area contributed by atoms with Crippen molar-refractivity contribution in [2.75, 3.05) is 0 Å². The van der Waals surface area contributed by atoms with Crippen LogP contribution in [0.15, 0.2) is 0 Å². The molecule has 0 fully saturated rings. The van der Waals surface area contributed by atoms with Crippen LogP contribution in [-0.2, 0) is 9.59 Å². The first-order valence-corrected chi connectivity index (χ1v) is 5.41. The van der Waals surface area contributed by atoms with E-state index in [-0.39, 0.29) is 95.6 Å². The average molecular weight is 280 g/mol. The largest absolute Gasteiger partial charge is 1.00 e. The predicted octanol–water partition coefficient (Wildman–Crippen LogP) is -3.53. The molecule has 0 aliphatic heterocycles. The molecule has 0 aliphatic rings. The van der Waals surface area contributed by atoms with E-state index in [1.165, 1.54) is 0 Å². The van der Waals surface area contributed by atoms with Gasteiger partial charge in [-0.2, -0.15) is 0 Å². The third-order valence-corrected chi connectivity index (χ3v) is 2.99. The van der Waals surface area contributed by atoms with Crippen molar-refractivity contribution in [2.45, 2.75) is 40.0 Å². The van der Waals surface area contributed by atoms with E-state index >= 15 is 0 Å². The Labute approximate surface area is 171 Å². The van der Waals surface area contributed by atoms with Crippen LogP contribution >= 0.6 is 0 Å². The molecule has 4 nitrogen and oxygen atoms in total. The second-order valence-electron chi connectivity index (χ2n) is 3.97. The van der Waals surface area contributed by atoms with Crippen LogP contribution in [0.25, 0.3) is 0 Å². The standard InChI is InChI=1S/C11H20O4.K.Na.2H/c1-4-6-8(5-2)7(3)9(10(12)13)11(14)15;;;;/h7-9H,4-6H2,1-3H3,(H,12,13)(H,14,15);;;;/q;2*+1;2*-1. The average Bonchev–Trinajstić information content (AvgIpc) is 2.12. The van der Waals surface area contributed by atoms with Crippen molar-refractivity contribution < 1.29 is 104 Å². The van der Waals surface area contributed by atoms with Crippen LogP contribution in [0.5, 0.6) is 0 Å². The molecule has 0 aromatic rings. The van der Waals surface area contributed by atoms with Gasteiger partial charge in [-0.1, -0.05) is 40.0 Å². The zero-order valence-corrected chi connectivity index (χ0v) is 16.7. The van der Waals surface area contributed by atoms with Crippen LogP contribution in [0.3, 0.4) is 0 Å². The summed E-state index contributed by atoms with van der Waals surface area (Å²) in [4.78, 5) is 21.7. The molecule has 0 aromatic carbocycles. The number of rotatable bonds is 7. The molecule has 2 N–H and O–H groups in total. The molecular formula is C11H22KNaO4. The van der Waals surface area contributed by atoms with Gasteiger partial charge in [0.2, 0.25) is 0 Å². The summed E-state index contributed by atoms with van der Waals surface area (Å²) >= 11 is 0. The van der Waals surface area contributed by atoms with E-state index < -0.39 is 17.9 Å². The molecule has 2 unspecified atom stereocenters. The van der Waals surface area contributed by atoms with Crippen molar-refractivity contribution in [1.29, 1.82) is 0 Å². The normalized spacial score (nSPS) is 13.2. The van der Waals surface area contributed by atoms with Crippen LogP contribution in [-0.4, -0.2) is 22.2 Å². The minimum Gasteiger partial charge on any atom is -1.00 e. The minimum atomic E-state index is -1.28. The zero-order valence-electron chi connectivity index (χ0n) is 13.6. The van der Waals surface area contributed by atoms with Gasteiger partial charge in [-0.25, -0.2) is 0 Å². The van der Waals surface area contributed by atoms with E-state index in [0.29, 0.717) is 0 Å². The molecule has 0 aliphatic carbocycles. The van der Waals surface area contributed by atoms with Gasteiger partial charge < -0.3 is 13.1 Å². The predicted molar refractivity (Wildman–Crippen MR) is 58.8 cm³/mol. The van der Waals surface area contributed by atoms with Crippen LogP contribution in [0.1, 0.15) is 42.9 Å². The van der Waals surface area contributed by atoms with Crippen molar-refractivity contribution in [2.24, 2.45) is 17.8 Å². The molecule has 0 bridgehead atoms. The fourth-order valence-corrected chi connectivity index (χ4v) is 2.04. The van der Waals surface area contributed by atoms with Gasteiger partial charge >= 0.3 is 92.9 Å². The maximum absolute atomic E-state index is 10.8. The summed E-state index contributed by atoms with van der Waals surface area (Å²) in [5.41, 5.74) is 0. The Morgan fingerprint density at radius 1 is 1.18 bits per heavy atom. The molecule has 0 saturated carbocycles. The molecule has 17 heavy (non-hydrogen) atoms. The third kappa shape index (κ3) is 8.37. The molecule has 0 rings (SSSR count). The molecular weight excluding hydrogens is 258 g/mol. The zero-order chi connectivity index (χ0) is 12.0. The summed E-state index contributed by atoms with van der Waals surface area (Å²) in [5, 5.41) is 17.7. The third-order valence-electron chi connectivity index (χ3n) is 2.99. The van der Waals surface area contributed by atoms with Gasteiger partial charge in [-0.05, 0) is 11.8 Å². The Morgan fingerprint density at radius 2 is 1.59 bits per heavy atom. The van der Waals surface area contributed by atoms with Crippen molar-refractivity contribution in [1.82, 2.24) is 0 Å². The van der Waals surface area contributed by atoms with Crippen molar-refractivity contribution in [3.05, 3.63) is 0 Å². The Morgan fingerprint density at radius 3 is 1.82 bits per heavy atom. The molecule has 0 saturated heterocycles. The van der Waals surface area contributed by atoms with Gasteiger partial charge in [0.05, 0.1) is 0 Å². The van der Waals surface area contributed by atoms with E-state index in [4.69, 9.17) is 10.2 Å². The maximum Gasteiger partial charge on any atom is 1.00 e. The van der Waals surface area contributed by atoms with Crippen LogP contribution in [0, 0.1) is 17.8 Å². The molecule has 0 spiro atoms. The first-order valence-electron chi connectivity index (χ1n) is 5.41. The molecule has 0 aromatic heterocycles. The van der Waals surface area contributed by atoms with E-state index in [1.807, 2.05) is 13.8 Å². The van der Waals surface area contributed by atoms with Crippen LogP contribution in [0.2, 0.25) is 0 Å². The molecule has 2 atom stereocenters. The Bertz CT molecular complexity index is 231. The number of carboxylic acids is 2. The van der Waals surface area contributed by atoms with E-state index in [1.54, 1.807) is 6.92 Å². The number of hydrogen-bond donors (Lipinski definition) is 2. The number of carbonyl (C=O) groups is 2. The Hall–Kier alpha value is 1.58.